The molecule has 0 spiro atoms. The third kappa shape index (κ3) is 3.93. The van der Waals surface area contributed by atoms with Gasteiger partial charge in [-0.1, -0.05) is 18.2 Å². The molecule has 0 heterocycles. The summed E-state index contributed by atoms with van der Waals surface area (Å²) in [6.07, 6.45) is 4.04. The maximum absolute atomic E-state index is 12.4. The molecule has 0 unspecified atom stereocenters. The van der Waals surface area contributed by atoms with Crippen molar-refractivity contribution >= 4 is 29.3 Å². The molecule has 1 aliphatic rings. The fourth-order valence-corrected chi connectivity index (χ4v) is 2.86. The van der Waals surface area contributed by atoms with Gasteiger partial charge < -0.3 is 10.6 Å². The Hall–Kier alpha value is -2.27. The zero-order valence-electron chi connectivity index (χ0n) is 12.8. The first kappa shape index (κ1) is 15.6. The molecule has 0 atom stereocenters. The van der Waals surface area contributed by atoms with Crippen molar-refractivity contribution in [2.24, 2.45) is 0 Å². The lowest BCUT2D eigenvalue weighted by Crippen LogP contribution is -2.25. The van der Waals surface area contributed by atoms with Crippen LogP contribution in [-0.4, -0.2) is 24.1 Å². The van der Waals surface area contributed by atoms with Crippen LogP contribution in [0.3, 0.4) is 0 Å². The van der Waals surface area contributed by atoms with Gasteiger partial charge in [-0.3, -0.25) is 9.59 Å². The molecular weight excluding hydrogens is 308 g/mol. The monoisotopic (exact) mass is 326 g/mol. The van der Waals surface area contributed by atoms with E-state index in [1.165, 1.54) is 11.8 Å². The zero-order chi connectivity index (χ0) is 16.2. The third-order valence-corrected chi connectivity index (χ3v) is 4.44. The Kier molecular flexibility index (Phi) is 4.67. The molecule has 118 valence electrons. The predicted octanol–water partition coefficient (Wildman–Crippen LogP) is 3.55. The number of nitrogens with one attached hydrogen (secondary N) is 2. The number of carbonyl (C=O) groups excluding carboxylic acids is 2. The number of hydrogen-bond acceptors (Lipinski definition) is 3. The maximum Gasteiger partial charge on any atom is 0.256 e. The maximum atomic E-state index is 12.4. The van der Waals surface area contributed by atoms with Crippen LogP contribution >= 0.6 is 11.8 Å². The minimum Gasteiger partial charge on any atom is -0.349 e. The Morgan fingerprint density at radius 2 is 1.83 bits per heavy atom. The van der Waals surface area contributed by atoms with E-state index >= 15 is 0 Å². The van der Waals surface area contributed by atoms with Gasteiger partial charge in [-0.05, 0) is 49.4 Å². The normalized spacial score (nSPS) is 13.4. The van der Waals surface area contributed by atoms with Crippen molar-refractivity contribution in [1.29, 1.82) is 0 Å². The molecule has 2 N–H and O–H groups in total. The van der Waals surface area contributed by atoms with E-state index in [4.69, 9.17) is 0 Å². The highest BCUT2D eigenvalue weighted by Crippen LogP contribution is 2.22. The number of hydrogen-bond donors (Lipinski definition) is 2. The van der Waals surface area contributed by atoms with Gasteiger partial charge in [0.1, 0.15) is 0 Å². The fraction of sp³-hybridized carbons (Fsp3) is 0.222. The molecule has 0 aliphatic heterocycles. The topological polar surface area (TPSA) is 58.2 Å². The number of rotatable bonds is 5. The molecule has 0 aromatic heterocycles. The van der Waals surface area contributed by atoms with E-state index in [-0.39, 0.29) is 11.8 Å². The van der Waals surface area contributed by atoms with Gasteiger partial charge in [-0.2, -0.15) is 0 Å². The molecule has 0 saturated heterocycles. The van der Waals surface area contributed by atoms with Crippen molar-refractivity contribution in [3.63, 3.8) is 0 Å². The van der Waals surface area contributed by atoms with Crippen LogP contribution in [-0.2, 0) is 0 Å². The summed E-state index contributed by atoms with van der Waals surface area (Å²) in [7, 11) is 0. The van der Waals surface area contributed by atoms with E-state index < -0.39 is 0 Å². The van der Waals surface area contributed by atoms with Crippen LogP contribution in [0, 0.1) is 0 Å². The number of anilines is 1. The molecule has 23 heavy (non-hydrogen) atoms. The molecule has 1 saturated carbocycles. The van der Waals surface area contributed by atoms with E-state index in [1.54, 1.807) is 30.3 Å². The number of thioether (sulfide) groups is 1. The van der Waals surface area contributed by atoms with Crippen molar-refractivity contribution < 1.29 is 9.59 Å². The summed E-state index contributed by atoms with van der Waals surface area (Å²) in [5.74, 6) is -0.261. The highest BCUT2D eigenvalue weighted by molar-refractivity contribution is 7.98. The van der Waals surface area contributed by atoms with Crippen molar-refractivity contribution in [3.05, 3.63) is 59.7 Å². The number of carbonyl (C=O) groups is 2. The second-order valence-electron chi connectivity index (χ2n) is 5.48. The zero-order valence-corrected chi connectivity index (χ0v) is 13.7. The van der Waals surface area contributed by atoms with Gasteiger partial charge >= 0.3 is 0 Å². The van der Waals surface area contributed by atoms with Crippen molar-refractivity contribution in [3.8, 4) is 0 Å². The van der Waals surface area contributed by atoms with Gasteiger partial charge in [0.2, 0.25) is 0 Å². The molecule has 0 bridgehead atoms. The first-order valence-corrected chi connectivity index (χ1v) is 8.75. The van der Waals surface area contributed by atoms with Gasteiger partial charge in [0.15, 0.2) is 0 Å². The number of benzene rings is 2. The summed E-state index contributed by atoms with van der Waals surface area (Å²) in [6, 6.07) is 14.8. The molecule has 0 radical (unpaired) electrons. The second-order valence-corrected chi connectivity index (χ2v) is 6.33. The summed E-state index contributed by atoms with van der Waals surface area (Å²) >= 11 is 1.53. The van der Waals surface area contributed by atoms with Crippen LogP contribution in [0.5, 0.6) is 0 Å². The highest BCUT2D eigenvalue weighted by atomic mass is 32.2. The van der Waals surface area contributed by atoms with E-state index in [2.05, 4.69) is 10.6 Å². The van der Waals surface area contributed by atoms with Crippen molar-refractivity contribution in [2.45, 2.75) is 23.8 Å². The van der Waals surface area contributed by atoms with Gasteiger partial charge in [0.05, 0.1) is 5.56 Å². The molecule has 2 aromatic rings. The fourth-order valence-electron chi connectivity index (χ4n) is 2.27. The minimum absolute atomic E-state index is 0.0897. The quantitative estimate of drug-likeness (QED) is 0.826. The molecule has 1 aliphatic carbocycles. The summed E-state index contributed by atoms with van der Waals surface area (Å²) in [4.78, 5) is 25.4. The van der Waals surface area contributed by atoms with Crippen LogP contribution in [0.2, 0.25) is 0 Å². The van der Waals surface area contributed by atoms with E-state index in [0.717, 1.165) is 17.7 Å². The van der Waals surface area contributed by atoms with E-state index in [1.807, 2.05) is 24.5 Å². The standard InChI is InChI=1S/C18H18N2O2S/c1-23-16-8-3-2-7-15(16)18(22)20-14-6-4-5-12(11-14)17(21)19-13-9-10-13/h2-8,11,13H,9-10H2,1H3,(H,19,21)(H,20,22). The molecule has 2 aromatic carbocycles. The Bertz CT molecular complexity index is 741. The van der Waals surface area contributed by atoms with Gasteiger partial charge in [-0.15, -0.1) is 11.8 Å². The van der Waals surface area contributed by atoms with E-state index in [0.29, 0.717) is 22.9 Å². The minimum atomic E-state index is -0.172. The van der Waals surface area contributed by atoms with Crippen LogP contribution in [0.4, 0.5) is 5.69 Å². The highest BCUT2D eigenvalue weighted by Gasteiger charge is 2.23. The van der Waals surface area contributed by atoms with Crippen LogP contribution in [0.15, 0.2) is 53.4 Å². The molecule has 1 fully saturated rings. The lowest BCUT2D eigenvalue weighted by atomic mass is 10.1. The Morgan fingerprint density at radius 1 is 1.04 bits per heavy atom. The lowest BCUT2D eigenvalue weighted by molar-refractivity contribution is 0.0949. The van der Waals surface area contributed by atoms with Gasteiger partial charge in [-0.25, -0.2) is 0 Å². The Balaban J connectivity index is 1.74. The summed E-state index contributed by atoms with van der Waals surface area (Å²) < 4.78 is 0. The van der Waals surface area contributed by atoms with Crippen LogP contribution in [0.25, 0.3) is 0 Å². The molecule has 5 heteroatoms. The van der Waals surface area contributed by atoms with Crippen LogP contribution in [0.1, 0.15) is 33.6 Å². The van der Waals surface area contributed by atoms with Gasteiger partial charge in [0, 0.05) is 22.2 Å². The summed E-state index contributed by atoms with van der Waals surface area (Å²) in [6.45, 7) is 0. The summed E-state index contributed by atoms with van der Waals surface area (Å²) in [5, 5.41) is 5.81. The first-order valence-electron chi connectivity index (χ1n) is 7.52. The number of amides is 2. The first-order chi connectivity index (χ1) is 11.2. The average molecular weight is 326 g/mol. The molecule has 3 rings (SSSR count). The second kappa shape index (κ2) is 6.87. The molecule has 4 nitrogen and oxygen atoms in total. The Morgan fingerprint density at radius 3 is 2.57 bits per heavy atom. The predicted molar refractivity (Wildman–Crippen MR) is 93.1 cm³/mol. The largest absolute Gasteiger partial charge is 0.349 e. The van der Waals surface area contributed by atoms with Gasteiger partial charge in [0.25, 0.3) is 11.8 Å². The smallest absolute Gasteiger partial charge is 0.256 e. The SMILES string of the molecule is CSc1ccccc1C(=O)Nc1cccc(C(=O)NC2CC2)c1. The van der Waals surface area contributed by atoms with Crippen molar-refractivity contribution in [2.75, 3.05) is 11.6 Å². The van der Waals surface area contributed by atoms with E-state index in [9.17, 15) is 9.59 Å². The Labute approximate surface area is 139 Å². The average Bonchev–Trinajstić information content (AvgIpc) is 3.39. The molecule has 2 amide bonds. The summed E-state index contributed by atoms with van der Waals surface area (Å²) in [5.41, 5.74) is 1.81. The molecular formula is C18H18N2O2S. The lowest BCUT2D eigenvalue weighted by Gasteiger charge is -2.10. The third-order valence-electron chi connectivity index (χ3n) is 3.65. The van der Waals surface area contributed by atoms with Crippen molar-refractivity contribution in [1.82, 2.24) is 5.32 Å². The van der Waals surface area contributed by atoms with Crippen LogP contribution < -0.4 is 10.6 Å².